The summed E-state index contributed by atoms with van der Waals surface area (Å²) in [5.74, 6) is 0.760. The molecule has 0 amide bonds. The van der Waals surface area contributed by atoms with E-state index in [4.69, 9.17) is 0 Å². The average Bonchev–Trinajstić information content (AvgIpc) is 2.16. The number of hydroxylamine groups is 2. The third-order valence-electron chi connectivity index (χ3n) is 2.96. The predicted molar refractivity (Wildman–Crippen MR) is 54.8 cm³/mol. The molecule has 1 saturated carbocycles. The van der Waals surface area contributed by atoms with E-state index in [1.54, 1.807) is 0 Å². The summed E-state index contributed by atoms with van der Waals surface area (Å²) in [6.07, 6.45) is 9.06. The summed E-state index contributed by atoms with van der Waals surface area (Å²) in [4.78, 5) is 0. The number of rotatable bonds is 5. The van der Waals surface area contributed by atoms with E-state index in [-0.39, 0.29) is 0 Å². The molecule has 0 bridgehead atoms. The second kappa shape index (κ2) is 6.39. The molecule has 1 aliphatic rings. The first kappa shape index (κ1) is 11.0. The van der Waals surface area contributed by atoms with E-state index >= 15 is 0 Å². The molecule has 13 heavy (non-hydrogen) atoms. The molecule has 0 aliphatic heterocycles. The monoisotopic (exact) mass is 185 g/mol. The second-order valence-corrected chi connectivity index (χ2v) is 4.27. The molecule has 0 radical (unpaired) electrons. The van der Waals surface area contributed by atoms with Crippen LogP contribution in [0.15, 0.2) is 0 Å². The smallest absolute Gasteiger partial charge is 0.0266 e. The van der Waals surface area contributed by atoms with Crippen LogP contribution in [0.5, 0.6) is 0 Å². The first-order chi connectivity index (χ1) is 6.33. The maximum absolute atomic E-state index is 9.57. The highest BCUT2D eigenvalue weighted by Crippen LogP contribution is 2.23. The first-order valence-electron chi connectivity index (χ1n) is 5.76. The van der Waals surface area contributed by atoms with Gasteiger partial charge in [0.15, 0.2) is 0 Å². The molecular formula is C11H23NO. The molecule has 0 aromatic carbocycles. The highest BCUT2D eigenvalue weighted by molar-refractivity contribution is 4.67. The van der Waals surface area contributed by atoms with Gasteiger partial charge in [-0.15, -0.1) is 0 Å². The molecular weight excluding hydrogens is 162 g/mol. The topological polar surface area (TPSA) is 23.5 Å². The highest BCUT2D eigenvalue weighted by Gasteiger charge is 2.15. The summed E-state index contributed by atoms with van der Waals surface area (Å²) in [7, 11) is 0. The summed E-state index contributed by atoms with van der Waals surface area (Å²) >= 11 is 0. The molecule has 0 saturated heterocycles. The molecule has 0 heterocycles. The van der Waals surface area contributed by atoms with Gasteiger partial charge in [0.2, 0.25) is 0 Å². The zero-order valence-electron chi connectivity index (χ0n) is 8.84. The van der Waals surface area contributed by atoms with Crippen LogP contribution >= 0.6 is 0 Å². The van der Waals surface area contributed by atoms with E-state index in [1.165, 1.54) is 43.6 Å². The van der Waals surface area contributed by atoms with Gasteiger partial charge < -0.3 is 5.21 Å². The van der Waals surface area contributed by atoms with Crippen molar-refractivity contribution < 1.29 is 5.21 Å². The Morgan fingerprint density at radius 1 is 1.23 bits per heavy atom. The molecule has 1 rings (SSSR count). The van der Waals surface area contributed by atoms with Crippen LogP contribution in [0.4, 0.5) is 0 Å². The first-order valence-corrected chi connectivity index (χ1v) is 5.76. The summed E-state index contributed by atoms with van der Waals surface area (Å²) in [5, 5.41) is 11.1. The van der Waals surface area contributed by atoms with E-state index < -0.39 is 0 Å². The van der Waals surface area contributed by atoms with Gasteiger partial charge in [0.05, 0.1) is 0 Å². The fourth-order valence-electron chi connectivity index (χ4n) is 2.10. The van der Waals surface area contributed by atoms with Gasteiger partial charge in [-0.1, -0.05) is 32.6 Å². The van der Waals surface area contributed by atoms with Crippen LogP contribution in [0.25, 0.3) is 0 Å². The van der Waals surface area contributed by atoms with E-state index in [0.717, 1.165) is 25.4 Å². The summed E-state index contributed by atoms with van der Waals surface area (Å²) < 4.78 is 0. The van der Waals surface area contributed by atoms with Gasteiger partial charge in [-0.3, -0.25) is 0 Å². The third kappa shape index (κ3) is 4.63. The molecule has 1 aliphatic carbocycles. The van der Waals surface area contributed by atoms with Gasteiger partial charge in [-0.05, 0) is 25.2 Å². The quantitative estimate of drug-likeness (QED) is 0.665. The fourth-order valence-corrected chi connectivity index (χ4v) is 2.10. The summed E-state index contributed by atoms with van der Waals surface area (Å²) in [6.45, 7) is 3.92. The van der Waals surface area contributed by atoms with Crippen LogP contribution in [-0.4, -0.2) is 23.4 Å². The number of hydrogen-bond acceptors (Lipinski definition) is 2. The fraction of sp³-hybridized carbons (Fsp3) is 1.00. The van der Waals surface area contributed by atoms with Gasteiger partial charge in [0, 0.05) is 13.1 Å². The minimum Gasteiger partial charge on any atom is -0.314 e. The van der Waals surface area contributed by atoms with Crippen LogP contribution < -0.4 is 0 Å². The second-order valence-electron chi connectivity index (χ2n) is 4.27. The molecule has 0 atom stereocenters. The van der Waals surface area contributed by atoms with Gasteiger partial charge in [0.25, 0.3) is 0 Å². The Labute approximate surface area is 81.9 Å². The molecule has 1 fully saturated rings. The number of nitrogens with zero attached hydrogens (tertiary/aromatic N) is 1. The minimum absolute atomic E-state index is 0.760. The lowest BCUT2D eigenvalue weighted by molar-refractivity contribution is -0.104. The Balaban J connectivity index is 2.07. The lowest BCUT2D eigenvalue weighted by atomic mass is 9.89. The Morgan fingerprint density at radius 2 is 1.92 bits per heavy atom. The third-order valence-corrected chi connectivity index (χ3v) is 2.96. The van der Waals surface area contributed by atoms with Gasteiger partial charge in [0.1, 0.15) is 0 Å². The van der Waals surface area contributed by atoms with E-state index in [9.17, 15) is 5.21 Å². The molecule has 1 N–H and O–H groups in total. The lowest BCUT2D eigenvalue weighted by Gasteiger charge is -2.25. The zero-order valence-corrected chi connectivity index (χ0v) is 8.84. The largest absolute Gasteiger partial charge is 0.314 e. The number of hydrogen-bond donors (Lipinski definition) is 1. The van der Waals surface area contributed by atoms with Crippen LogP contribution in [0.2, 0.25) is 0 Å². The van der Waals surface area contributed by atoms with Crippen molar-refractivity contribution in [3.63, 3.8) is 0 Å². The normalized spacial score (nSPS) is 19.6. The minimum atomic E-state index is 0.760. The van der Waals surface area contributed by atoms with Crippen molar-refractivity contribution in [2.24, 2.45) is 5.92 Å². The summed E-state index contributed by atoms with van der Waals surface area (Å²) in [6, 6.07) is 0. The van der Waals surface area contributed by atoms with Crippen molar-refractivity contribution in [3.8, 4) is 0 Å². The Bertz CT molecular complexity index is 121. The standard InChI is InChI=1S/C11H23NO/c1-2-3-9-12(13)10-11-7-5-4-6-8-11/h11,13H,2-10H2,1H3. The molecule has 2 heteroatoms. The van der Waals surface area contributed by atoms with Crippen LogP contribution in [0.3, 0.4) is 0 Å². The molecule has 0 aromatic heterocycles. The van der Waals surface area contributed by atoms with Crippen molar-refractivity contribution in [2.45, 2.75) is 51.9 Å². The Hall–Kier alpha value is -0.0800. The van der Waals surface area contributed by atoms with Crippen molar-refractivity contribution in [1.82, 2.24) is 5.06 Å². The van der Waals surface area contributed by atoms with Crippen LogP contribution in [0, 0.1) is 5.92 Å². The van der Waals surface area contributed by atoms with E-state index in [1.807, 2.05) is 0 Å². The van der Waals surface area contributed by atoms with Gasteiger partial charge >= 0.3 is 0 Å². The Kier molecular flexibility index (Phi) is 5.40. The molecule has 0 unspecified atom stereocenters. The van der Waals surface area contributed by atoms with Crippen LogP contribution in [0.1, 0.15) is 51.9 Å². The van der Waals surface area contributed by atoms with Crippen molar-refractivity contribution in [1.29, 1.82) is 0 Å². The van der Waals surface area contributed by atoms with Gasteiger partial charge in [-0.2, -0.15) is 5.06 Å². The average molecular weight is 185 g/mol. The summed E-state index contributed by atoms with van der Waals surface area (Å²) in [5.41, 5.74) is 0. The maximum Gasteiger partial charge on any atom is 0.0266 e. The Morgan fingerprint density at radius 3 is 2.54 bits per heavy atom. The zero-order chi connectivity index (χ0) is 9.52. The lowest BCUT2D eigenvalue weighted by Crippen LogP contribution is -2.28. The maximum atomic E-state index is 9.57. The van der Waals surface area contributed by atoms with Crippen molar-refractivity contribution in [2.75, 3.05) is 13.1 Å². The predicted octanol–water partition coefficient (Wildman–Crippen LogP) is 3.06. The molecule has 2 nitrogen and oxygen atoms in total. The SMILES string of the molecule is CCCCN(O)CC1CCCCC1. The number of unbranched alkanes of at least 4 members (excludes halogenated alkanes) is 1. The highest BCUT2D eigenvalue weighted by atomic mass is 16.5. The van der Waals surface area contributed by atoms with Crippen molar-refractivity contribution >= 4 is 0 Å². The van der Waals surface area contributed by atoms with E-state index in [0.29, 0.717) is 0 Å². The van der Waals surface area contributed by atoms with Crippen molar-refractivity contribution in [3.05, 3.63) is 0 Å². The van der Waals surface area contributed by atoms with E-state index in [2.05, 4.69) is 6.92 Å². The van der Waals surface area contributed by atoms with Gasteiger partial charge in [-0.25, -0.2) is 0 Å². The van der Waals surface area contributed by atoms with Crippen LogP contribution in [-0.2, 0) is 0 Å². The molecule has 0 aromatic rings. The molecule has 0 spiro atoms. The molecule has 78 valence electrons.